The lowest BCUT2D eigenvalue weighted by atomic mass is 10.0. The van der Waals surface area contributed by atoms with Crippen LogP contribution >= 0.6 is 0 Å². The van der Waals surface area contributed by atoms with Crippen molar-refractivity contribution in [1.29, 1.82) is 0 Å². The van der Waals surface area contributed by atoms with E-state index in [2.05, 4.69) is 9.88 Å². The second kappa shape index (κ2) is 10.7. The van der Waals surface area contributed by atoms with E-state index < -0.39 is 0 Å². The van der Waals surface area contributed by atoms with Crippen LogP contribution in [0.15, 0.2) is 54.9 Å². The SMILES string of the molecule is COc1ccc(F)cc1CN1CCN(C(=O)c2cc(C)c(OCc3cccnc3)c(C)c2)CC1. The van der Waals surface area contributed by atoms with Gasteiger partial charge in [-0.15, -0.1) is 0 Å². The molecule has 2 aromatic carbocycles. The number of aromatic nitrogens is 1. The summed E-state index contributed by atoms with van der Waals surface area (Å²) in [6.07, 6.45) is 3.52. The van der Waals surface area contributed by atoms with Gasteiger partial charge in [-0.05, 0) is 61.4 Å². The predicted octanol–water partition coefficient (Wildman–Crippen LogP) is 4.38. The highest BCUT2D eigenvalue weighted by Gasteiger charge is 2.24. The maximum Gasteiger partial charge on any atom is 0.253 e. The number of amides is 1. The maximum atomic E-state index is 13.7. The first kappa shape index (κ1) is 23.7. The van der Waals surface area contributed by atoms with Crippen LogP contribution in [0.1, 0.15) is 32.6 Å². The Morgan fingerprint density at radius 1 is 1.06 bits per heavy atom. The molecule has 0 unspecified atom stereocenters. The molecule has 0 spiro atoms. The first-order valence-corrected chi connectivity index (χ1v) is 11.4. The summed E-state index contributed by atoms with van der Waals surface area (Å²) in [5.41, 5.74) is 4.35. The Morgan fingerprint density at radius 2 is 1.79 bits per heavy atom. The van der Waals surface area contributed by atoms with Gasteiger partial charge in [0.2, 0.25) is 0 Å². The number of ether oxygens (including phenoxy) is 2. The quantitative estimate of drug-likeness (QED) is 0.521. The minimum absolute atomic E-state index is 0.0213. The van der Waals surface area contributed by atoms with Gasteiger partial charge in [-0.25, -0.2) is 4.39 Å². The Labute approximate surface area is 199 Å². The second-order valence-electron chi connectivity index (χ2n) is 8.61. The molecule has 0 aliphatic carbocycles. The number of carbonyl (C=O) groups is 1. The van der Waals surface area contributed by atoms with Crippen LogP contribution in [0.3, 0.4) is 0 Å². The van der Waals surface area contributed by atoms with Crippen LogP contribution < -0.4 is 9.47 Å². The fourth-order valence-electron chi connectivity index (χ4n) is 4.34. The third-order valence-electron chi connectivity index (χ3n) is 6.11. The zero-order valence-corrected chi connectivity index (χ0v) is 19.9. The highest BCUT2D eigenvalue weighted by Crippen LogP contribution is 2.27. The molecule has 178 valence electrons. The lowest BCUT2D eigenvalue weighted by molar-refractivity contribution is 0.0627. The zero-order valence-electron chi connectivity index (χ0n) is 19.9. The van der Waals surface area contributed by atoms with Gasteiger partial charge in [-0.3, -0.25) is 14.7 Å². The van der Waals surface area contributed by atoms with Gasteiger partial charge in [-0.2, -0.15) is 0 Å². The van der Waals surface area contributed by atoms with E-state index in [-0.39, 0.29) is 11.7 Å². The van der Waals surface area contributed by atoms with E-state index >= 15 is 0 Å². The fraction of sp³-hybridized carbons (Fsp3) is 0.333. The van der Waals surface area contributed by atoms with Crippen molar-refractivity contribution in [1.82, 2.24) is 14.8 Å². The Bertz CT molecular complexity index is 1120. The van der Waals surface area contributed by atoms with Crippen LogP contribution in [0.25, 0.3) is 0 Å². The summed E-state index contributed by atoms with van der Waals surface area (Å²) in [4.78, 5) is 21.4. The van der Waals surface area contributed by atoms with Gasteiger partial charge in [0.25, 0.3) is 5.91 Å². The topological polar surface area (TPSA) is 54.9 Å². The van der Waals surface area contributed by atoms with Crippen molar-refractivity contribution < 1.29 is 18.7 Å². The lowest BCUT2D eigenvalue weighted by Crippen LogP contribution is -2.48. The van der Waals surface area contributed by atoms with E-state index in [9.17, 15) is 9.18 Å². The molecule has 3 aromatic rings. The van der Waals surface area contributed by atoms with Gasteiger partial charge >= 0.3 is 0 Å². The van der Waals surface area contributed by atoms with E-state index in [0.717, 1.165) is 41.1 Å². The summed E-state index contributed by atoms with van der Waals surface area (Å²) in [6.45, 7) is 7.62. The second-order valence-corrected chi connectivity index (χ2v) is 8.61. The largest absolute Gasteiger partial charge is 0.496 e. The Kier molecular flexibility index (Phi) is 7.43. The van der Waals surface area contributed by atoms with Crippen molar-refractivity contribution in [3.8, 4) is 11.5 Å². The van der Waals surface area contributed by atoms with Gasteiger partial charge in [-0.1, -0.05) is 6.07 Å². The molecule has 0 bridgehead atoms. The van der Waals surface area contributed by atoms with Crippen LogP contribution in [0, 0.1) is 19.7 Å². The molecule has 1 aliphatic rings. The van der Waals surface area contributed by atoms with Gasteiger partial charge in [0.05, 0.1) is 7.11 Å². The molecular weight excluding hydrogens is 433 g/mol. The molecule has 1 aromatic heterocycles. The number of carbonyl (C=O) groups excluding carboxylic acids is 1. The Hall–Kier alpha value is -3.45. The average Bonchev–Trinajstić information content (AvgIpc) is 2.84. The number of hydrogen-bond acceptors (Lipinski definition) is 5. The van der Waals surface area contributed by atoms with Crippen molar-refractivity contribution in [3.63, 3.8) is 0 Å². The number of piperazine rings is 1. The smallest absolute Gasteiger partial charge is 0.253 e. The Balaban J connectivity index is 1.37. The third kappa shape index (κ3) is 5.54. The van der Waals surface area contributed by atoms with E-state index in [0.29, 0.717) is 37.6 Å². The number of methoxy groups -OCH3 is 1. The highest BCUT2D eigenvalue weighted by molar-refractivity contribution is 5.95. The number of benzene rings is 2. The fourth-order valence-corrected chi connectivity index (χ4v) is 4.34. The summed E-state index contributed by atoms with van der Waals surface area (Å²) >= 11 is 0. The van der Waals surface area contributed by atoms with Crippen LogP contribution in [-0.2, 0) is 13.2 Å². The van der Waals surface area contributed by atoms with Crippen molar-refractivity contribution in [2.75, 3.05) is 33.3 Å². The van der Waals surface area contributed by atoms with E-state index in [1.54, 1.807) is 25.6 Å². The molecule has 0 saturated carbocycles. The number of rotatable bonds is 7. The van der Waals surface area contributed by atoms with Crippen molar-refractivity contribution in [3.05, 3.63) is 88.5 Å². The molecule has 7 heteroatoms. The molecule has 34 heavy (non-hydrogen) atoms. The predicted molar refractivity (Wildman–Crippen MR) is 129 cm³/mol. The summed E-state index contributed by atoms with van der Waals surface area (Å²) in [5.74, 6) is 1.22. The summed E-state index contributed by atoms with van der Waals surface area (Å²) < 4.78 is 25.1. The molecule has 0 N–H and O–H groups in total. The first-order valence-electron chi connectivity index (χ1n) is 11.4. The molecular formula is C27H30FN3O3. The van der Waals surface area contributed by atoms with E-state index in [1.807, 2.05) is 43.0 Å². The molecule has 6 nitrogen and oxygen atoms in total. The van der Waals surface area contributed by atoms with Crippen LogP contribution in [0.2, 0.25) is 0 Å². The van der Waals surface area contributed by atoms with Gasteiger partial charge < -0.3 is 14.4 Å². The minimum Gasteiger partial charge on any atom is -0.496 e. The van der Waals surface area contributed by atoms with Crippen LogP contribution in [-0.4, -0.2) is 54.0 Å². The monoisotopic (exact) mass is 463 g/mol. The molecule has 2 heterocycles. The first-order chi connectivity index (χ1) is 16.4. The van der Waals surface area contributed by atoms with Crippen LogP contribution in [0.5, 0.6) is 11.5 Å². The number of nitrogens with zero attached hydrogens (tertiary/aromatic N) is 3. The zero-order chi connectivity index (χ0) is 24.1. The summed E-state index contributed by atoms with van der Waals surface area (Å²) in [7, 11) is 1.59. The minimum atomic E-state index is -0.275. The number of halogens is 1. The van der Waals surface area contributed by atoms with Gasteiger partial charge in [0.1, 0.15) is 23.9 Å². The maximum absolute atomic E-state index is 13.7. The van der Waals surface area contributed by atoms with Gasteiger partial charge in [0.15, 0.2) is 0 Å². The van der Waals surface area contributed by atoms with Crippen molar-refractivity contribution >= 4 is 5.91 Å². The standard InChI is InChI=1S/C27H30FN3O3/c1-19-13-22(14-20(2)26(19)34-18-21-5-4-8-29-16-21)27(32)31-11-9-30(10-12-31)17-23-15-24(28)6-7-25(23)33-3/h4-8,13-16H,9-12,17-18H2,1-3H3. The van der Waals surface area contributed by atoms with Gasteiger partial charge in [0, 0.05) is 61.8 Å². The summed E-state index contributed by atoms with van der Waals surface area (Å²) in [6, 6.07) is 12.2. The molecule has 1 fully saturated rings. The molecule has 1 aliphatic heterocycles. The number of aryl methyl sites for hydroxylation is 2. The lowest BCUT2D eigenvalue weighted by Gasteiger charge is -2.35. The van der Waals surface area contributed by atoms with E-state index in [4.69, 9.17) is 9.47 Å². The van der Waals surface area contributed by atoms with Crippen molar-refractivity contribution in [2.45, 2.75) is 27.0 Å². The Morgan fingerprint density at radius 3 is 2.44 bits per heavy atom. The summed E-state index contributed by atoms with van der Waals surface area (Å²) in [5, 5.41) is 0. The average molecular weight is 464 g/mol. The van der Waals surface area contributed by atoms with Crippen molar-refractivity contribution in [2.24, 2.45) is 0 Å². The third-order valence-corrected chi connectivity index (χ3v) is 6.11. The number of hydrogen-bond donors (Lipinski definition) is 0. The molecule has 4 rings (SSSR count). The van der Waals surface area contributed by atoms with E-state index in [1.165, 1.54) is 12.1 Å². The molecule has 0 atom stereocenters. The molecule has 1 saturated heterocycles. The highest BCUT2D eigenvalue weighted by atomic mass is 19.1. The van der Waals surface area contributed by atoms with Crippen LogP contribution in [0.4, 0.5) is 4.39 Å². The molecule has 1 amide bonds. The molecule has 0 radical (unpaired) electrons. The normalized spacial score (nSPS) is 14.2. The number of pyridine rings is 1.